The van der Waals surface area contributed by atoms with Crippen molar-refractivity contribution in [3.05, 3.63) is 46.1 Å². The van der Waals surface area contributed by atoms with Crippen molar-refractivity contribution in [1.29, 1.82) is 0 Å². The fourth-order valence-corrected chi connectivity index (χ4v) is 2.40. The summed E-state index contributed by atoms with van der Waals surface area (Å²) in [6, 6.07) is 7.91. The number of esters is 1. The van der Waals surface area contributed by atoms with Crippen LogP contribution >= 0.6 is 0 Å². The van der Waals surface area contributed by atoms with Crippen molar-refractivity contribution >= 4 is 17.1 Å². The van der Waals surface area contributed by atoms with Crippen molar-refractivity contribution in [2.45, 2.75) is 12.8 Å². The zero-order chi connectivity index (χ0) is 13.9. The van der Waals surface area contributed by atoms with E-state index in [2.05, 4.69) is 4.98 Å². The summed E-state index contributed by atoms with van der Waals surface area (Å²) in [6.07, 6.45) is 0. The number of hydrogen-bond acceptors (Lipinski definition) is 5. The van der Waals surface area contributed by atoms with Gasteiger partial charge in [0.25, 0.3) is 0 Å². The van der Waals surface area contributed by atoms with E-state index in [-0.39, 0.29) is 17.3 Å². The molecule has 2 aliphatic heterocycles. The maximum atomic E-state index is 11.6. The van der Waals surface area contributed by atoms with E-state index in [1.54, 1.807) is 25.1 Å². The Hall–Kier alpha value is -2.69. The number of carbonyl (C=O) groups is 1. The molecule has 1 unspecified atom stereocenters. The fourth-order valence-electron chi connectivity index (χ4n) is 2.40. The highest BCUT2D eigenvalue weighted by Crippen LogP contribution is 2.38. The highest BCUT2D eigenvalue weighted by molar-refractivity contribution is 5.90. The lowest BCUT2D eigenvalue weighted by Gasteiger charge is -2.07. The second-order valence-corrected chi connectivity index (χ2v) is 4.84. The van der Waals surface area contributed by atoms with Crippen LogP contribution in [0.5, 0.6) is 5.75 Å². The third-order valence-corrected chi connectivity index (χ3v) is 3.51. The molecule has 5 heteroatoms. The Bertz CT molecular complexity index is 896. The van der Waals surface area contributed by atoms with Gasteiger partial charge in [0, 0.05) is 17.7 Å². The van der Waals surface area contributed by atoms with Crippen LogP contribution in [-0.4, -0.2) is 11.0 Å². The summed E-state index contributed by atoms with van der Waals surface area (Å²) in [5.41, 5.74) is 2.41. The molecular formula is C15H9NO4. The van der Waals surface area contributed by atoms with Gasteiger partial charge in [0.05, 0.1) is 5.92 Å². The summed E-state index contributed by atoms with van der Waals surface area (Å²) in [7, 11) is 0. The topological polar surface area (TPSA) is 69.4 Å². The standard InChI is InChI=1S/C15H9NO4/c1-7-9-5-11-14(6-12(9)20-15(7)18)19-13-4-8(17)2-3-10(13)16-11/h2-7H,1H3. The van der Waals surface area contributed by atoms with Crippen LogP contribution in [0.2, 0.25) is 0 Å². The molecule has 0 N–H and O–H groups in total. The van der Waals surface area contributed by atoms with Gasteiger partial charge in [-0.2, -0.15) is 0 Å². The minimum Gasteiger partial charge on any atom is -0.453 e. The van der Waals surface area contributed by atoms with Gasteiger partial charge in [-0.3, -0.25) is 9.59 Å². The molecule has 20 heavy (non-hydrogen) atoms. The van der Waals surface area contributed by atoms with Crippen molar-refractivity contribution in [2.75, 3.05) is 0 Å². The first kappa shape index (κ1) is 11.2. The predicted molar refractivity (Wildman–Crippen MR) is 71.0 cm³/mol. The minimum atomic E-state index is -0.295. The van der Waals surface area contributed by atoms with E-state index in [0.717, 1.165) is 5.56 Å². The van der Waals surface area contributed by atoms with Crippen molar-refractivity contribution in [3.63, 3.8) is 0 Å². The molecule has 0 radical (unpaired) electrons. The highest BCUT2D eigenvalue weighted by Gasteiger charge is 2.30. The molecule has 0 amide bonds. The normalized spacial score (nSPS) is 17.4. The van der Waals surface area contributed by atoms with Crippen LogP contribution in [0.25, 0.3) is 22.6 Å². The van der Waals surface area contributed by atoms with Crippen molar-refractivity contribution in [1.82, 2.24) is 4.98 Å². The van der Waals surface area contributed by atoms with E-state index in [4.69, 9.17) is 9.15 Å². The van der Waals surface area contributed by atoms with Crippen LogP contribution < -0.4 is 10.2 Å². The summed E-state index contributed by atoms with van der Waals surface area (Å²) in [5, 5.41) is 0. The first-order valence-electron chi connectivity index (χ1n) is 6.22. The maximum absolute atomic E-state index is 11.6. The van der Waals surface area contributed by atoms with Gasteiger partial charge >= 0.3 is 5.97 Å². The van der Waals surface area contributed by atoms with E-state index in [1.807, 2.05) is 0 Å². The van der Waals surface area contributed by atoms with Gasteiger partial charge in [0.2, 0.25) is 0 Å². The monoisotopic (exact) mass is 267 g/mol. The van der Waals surface area contributed by atoms with Crippen molar-refractivity contribution in [2.24, 2.45) is 0 Å². The average Bonchev–Trinajstić information content (AvgIpc) is 2.69. The molecule has 0 bridgehead atoms. The Morgan fingerprint density at radius 2 is 2.00 bits per heavy atom. The summed E-state index contributed by atoms with van der Waals surface area (Å²) < 4.78 is 10.8. The van der Waals surface area contributed by atoms with Gasteiger partial charge < -0.3 is 9.15 Å². The average molecular weight is 267 g/mol. The van der Waals surface area contributed by atoms with Crippen LogP contribution in [0.1, 0.15) is 18.4 Å². The number of nitrogens with zero attached hydrogens (tertiary/aromatic N) is 1. The van der Waals surface area contributed by atoms with Crippen molar-refractivity contribution in [3.8, 4) is 17.2 Å². The van der Waals surface area contributed by atoms with Gasteiger partial charge in [0.1, 0.15) is 17.0 Å². The molecule has 1 aliphatic carbocycles. The Balaban J connectivity index is 2.06. The Labute approximate surface area is 113 Å². The number of ether oxygens (including phenoxy) is 1. The van der Waals surface area contributed by atoms with E-state index in [1.165, 1.54) is 12.1 Å². The lowest BCUT2D eigenvalue weighted by atomic mass is 10.0. The summed E-state index contributed by atoms with van der Waals surface area (Å²) in [5.74, 6) is 0.345. The molecule has 0 saturated carbocycles. The first-order chi connectivity index (χ1) is 9.61. The Morgan fingerprint density at radius 1 is 1.15 bits per heavy atom. The molecule has 98 valence electrons. The molecule has 1 aromatic carbocycles. The molecule has 3 aliphatic rings. The molecule has 0 fully saturated rings. The molecule has 4 rings (SSSR count). The molecule has 0 spiro atoms. The number of hydrogen-bond donors (Lipinski definition) is 0. The lowest BCUT2D eigenvalue weighted by molar-refractivity contribution is -0.133. The zero-order valence-electron chi connectivity index (χ0n) is 10.5. The summed E-state index contributed by atoms with van der Waals surface area (Å²) in [6.45, 7) is 1.79. The van der Waals surface area contributed by atoms with Gasteiger partial charge in [0.15, 0.2) is 16.8 Å². The molecule has 5 nitrogen and oxygen atoms in total. The highest BCUT2D eigenvalue weighted by atomic mass is 16.5. The second kappa shape index (κ2) is 3.66. The third kappa shape index (κ3) is 1.46. The van der Waals surface area contributed by atoms with Crippen LogP contribution in [0, 0.1) is 0 Å². The van der Waals surface area contributed by atoms with Gasteiger partial charge in [-0.15, -0.1) is 0 Å². The van der Waals surface area contributed by atoms with Gasteiger partial charge in [-0.1, -0.05) is 0 Å². The molecule has 1 atom stereocenters. The van der Waals surface area contributed by atoms with Crippen LogP contribution in [0.3, 0.4) is 0 Å². The minimum absolute atomic E-state index is 0.136. The number of rotatable bonds is 0. The van der Waals surface area contributed by atoms with Crippen LogP contribution in [0.4, 0.5) is 0 Å². The number of fused-ring (bicyclic) bond motifs is 3. The molecule has 0 saturated heterocycles. The quantitative estimate of drug-likeness (QED) is 0.355. The first-order valence-corrected chi connectivity index (χ1v) is 6.22. The van der Waals surface area contributed by atoms with E-state index in [9.17, 15) is 9.59 Å². The number of carbonyl (C=O) groups excluding carboxylic acids is 1. The number of aromatic nitrogens is 1. The lowest BCUT2D eigenvalue weighted by Crippen LogP contribution is -2.05. The maximum Gasteiger partial charge on any atom is 0.318 e. The Morgan fingerprint density at radius 3 is 2.85 bits per heavy atom. The smallest absolute Gasteiger partial charge is 0.318 e. The van der Waals surface area contributed by atoms with Gasteiger partial charge in [-0.05, 0) is 25.1 Å². The van der Waals surface area contributed by atoms with E-state index < -0.39 is 0 Å². The van der Waals surface area contributed by atoms with Crippen molar-refractivity contribution < 1.29 is 13.9 Å². The molecule has 1 aromatic rings. The van der Waals surface area contributed by atoms with Crippen LogP contribution in [-0.2, 0) is 4.79 Å². The van der Waals surface area contributed by atoms with Crippen LogP contribution in [0.15, 0.2) is 39.5 Å². The molecular weight excluding hydrogens is 258 g/mol. The predicted octanol–water partition coefficient (Wildman–Crippen LogP) is 2.32. The SMILES string of the molecule is CC1C(=O)Oc2cc3oc4cc(=O)ccc-4nc3cc21. The van der Waals surface area contributed by atoms with E-state index in [0.29, 0.717) is 28.3 Å². The summed E-state index contributed by atoms with van der Waals surface area (Å²) >= 11 is 0. The molecule has 2 heterocycles. The largest absolute Gasteiger partial charge is 0.453 e. The van der Waals surface area contributed by atoms with E-state index >= 15 is 0 Å². The fraction of sp³-hybridized carbons (Fsp3) is 0.133. The van der Waals surface area contributed by atoms with Gasteiger partial charge in [-0.25, -0.2) is 4.98 Å². The zero-order valence-corrected chi connectivity index (χ0v) is 10.5. The second-order valence-electron chi connectivity index (χ2n) is 4.84. The Kier molecular flexibility index (Phi) is 2.04. The molecule has 0 aromatic heterocycles. The number of benzene rings is 2. The summed E-state index contributed by atoms with van der Waals surface area (Å²) in [4.78, 5) is 27.4. The third-order valence-electron chi connectivity index (χ3n) is 3.51.